The second kappa shape index (κ2) is 9.50. The molecule has 2 aromatic heterocycles. The number of aromatic nitrogens is 5. The lowest BCUT2D eigenvalue weighted by atomic mass is 10.1. The molecule has 0 amide bonds. The van der Waals surface area contributed by atoms with E-state index in [1.165, 1.54) is 18.4 Å². The molecule has 35 heavy (non-hydrogen) atoms. The van der Waals surface area contributed by atoms with Crippen molar-refractivity contribution < 1.29 is 9.47 Å². The van der Waals surface area contributed by atoms with Crippen molar-refractivity contribution in [3.8, 4) is 11.5 Å². The first-order valence-electron chi connectivity index (χ1n) is 12.2. The Kier molecular flexibility index (Phi) is 5.91. The van der Waals surface area contributed by atoms with Gasteiger partial charge in [-0.05, 0) is 47.4 Å². The minimum Gasteiger partial charge on any atom is -0.454 e. The summed E-state index contributed by atoms with van der Waals surface area (Å²) in [5.74, 6) is 2.20. The van der Waals surface area contributed by atoms with E-state index >= 15 is 0 Å². The van der Waals surface area contributed by atoms with E-state index in [2.05, 4.69) is 37.5 Å². The molecular weight excluding hydrogens is 444 g/mol. The molecule has 0 saturated heterocycles. The van der Waals surface area contributed by atoms with Gasteiger partial charge in [-0.25, -0.2) is 4.68 Å². The second-order valence-electron chi connectivity index (χ2n) is 9.31. The Morgan fingerprint density at radius 3 is 2.66 bits per heavy atom. The highest BCUT2D eigenvalue weighted by Gasteiger charge is 2.26. The molecule has 0 radical (unpaired) electrons. The first kappa shape index (κ1) is 21.8. The van der Waals surface area contributed by atoms with Gasteiger partial charge in [0.1, 0.15) is 0 Å². The molecule has 2 aromatic carbocycles. The maximum Gasteiger partial charge on any atom is 0.252 e. The van der Waals surface area contributed by atoms with E-state index in [9.17, 15) is 4.79 Å². The number of tetrazole rings is 1. The Balaban J connectivity index is 1.25. The summed E-state index contributed by atoms with van der Waals surface area (Å²) in [6, 6.07) is 16.5. The van der Waals surface area contributed by atoms with Gasteiger partial charge in [-0.2, -0.15) is 0 Å². The maximum absolute atomic E-state index is 13.0. The maximum atomic E-state index is 13.0. The van der Waals surface area contributed by atoms with Gasteiger partial charge in [-0.3, -0.25) is 9.69 Å². The smallest absolute Gasteiger partial charge is 0.252 e. The molecule has 0 bridgehead atoms. The summed E-state index contributed by atoms with van der Waals surface area (Å²) in [7, 11) is 0. The summed E-state index contributed by atoms with van der Waals surface area (Å²) in [6.45, 7) is 2.06. The fraction of sp³-hybridized carbons (Fsp3) is 0.385. The third-order valence-electron chi connectivity index (χ3n) is 7.03. The summed E-state index contributed by atoms with van der Waals surface area (Å²) in [5, 5.41) is 13.5. The van der Waals surface area contributed by atoms with Crippen molar-refractivity contribution in [1.82, 2.24) is 30.1 Å². The van der Waals surface area contributed by atoms with Crippen LogP contribution in [0, 0.1) is 0 Å². The number of nitrogens with zero attached hydrogens (tertiary/aromatic N) is 5. The van der Waals surface area contributed by atoms with E-state index in [1.807, 2.05) is 41.1 Å². The summed E-state index contributed by atoms with van der Waals surface area (Å²) in [6.07, 6.45) is 5.52. The van der Waals surface area contributed by atoms with E-state index in [0.717, 1.165) is 41.6 Å². The number of aromatic amines is 1. The fourth-order valence-electron chi connectivity index (χ4n) is 5.13. The Morgan fingerprint density at radius 1 is 1.03 bits per heavy atom. The average Bonchev–Trinajstić information content (AvgIpc) is 3.64. The summed E-state index contributed by atoms with van der Waals surface area (Å²) < 4.78 is 12.9. The molecule has 180 valence electrons. The molecule has 1 saturated carbocycles. The number of pyridine rings is 1. The van der Waals surface area contributed by atoms with E-state index in [-0.39, 0.29) is 12.4 Å². The van der Waals surface area contributed by atoms with Crippen LogP contribution in [-0.2, 0) is 26.1 Å². The number of aryl methyl sites for hydroxylation is 2. The summed E-state index contributed by atoms with van der Waals surface area (Å²) in [4.78, 5) is 18.4. The van der Waals surface area contributed by atoms with Crippen molar-refractivity contribution >= 4 is 10.9 Å². The van der Waals surface area contributed by atoms with Crippen LogP contribution < -0.4 is 15.0 Å². The first-order chi connectivity index (χ1) is 17.2. The van der Waals surface area contributed by atoms with Crippen molar-refractivity contribution in [3.05, 3.63) is 75.8 Å². The zero-order valence-corrected chi connectivity index (χ0v) is 19.5. The molecule has 0 unspecified atom stereocenters. The Morgan fingerprint density at radius 2 is 1.83 bits per heavy atom. The highest BCUT2D eigenvalue weighted by atomic mass is 16.7. The number of hydrogen-bond acceptors (Lipinski definition) is 7. The van der Waals surface area contributed by atoms with Crippen molar-refractivity contribution in [3.63, 3.8) is 0 Å². The van der Waals surface area contributed by atoms with Crippen LogP contribution in [0.15, 0.2) is 53.3 Å². The van der Waals surface area contributed by atoms with Crippen LogP contribution in [0.4, 0.5) is 0 Å². The van der Waals surface area contributed by atoms with Crippen LogP contribution in [0.25, 0.3) is 10.9 Å². The second-order valence-corrected chi connectivity index (χ2v) is 9.31. The van der Waals surface area contributed by atoms with E-state index in [4.69, 9.17) is 9.47 Å². The fourth-order valence-corrected chi connectivity index (χ4v) is 5.13. The van der Waals surface area contributed by atoms with Gasteiger partial charge < -0.3 is 14.5 Å². The number of rotatable bonds is 8. The predicted molar refractivity (Wildman–Crippen MR) is 130 cm³/mol. The third-order valence-corrected chi connectivity index (χ3v) is 7.03. The SMILES string of the molecule is O=c1[nH]c2cc3c(cc2cc1CN(Cc1nnnn1CCc1ccccc1)C1CCCC1)OCO3. The van der Waals surface area contributed by atoms with Crippen LogP contribution >= 0.6 is 0 Å². The highest BCUT2D eigenvalue weighted by Crippen LogP contribution is 2.35. The Labute approximate surface area is 202 Å². The monoisotopic (exact) mass is 472 g/mol. The number of nitrogens with one attached hydrogen (secondary N) is 1. The van der Waals surface area contributed by atoms with Gasteiger partial charge in [0.05, 0.1) is 12.1 Å². The van der Waals surface area contributed by atoms with Gasteiger partial charge in [0, 0.05) is 36.1 Å². The first-order valence-corrected chi connectivity index (χ1v) is 12.2. The van der Waals surface area contributed by atoms with E-state index < -0.39 is 0 Å². The van der Waals surface area contributed by atoms with Crippen LogP contribution in [0.3, 0.4) is 0 Å². The number of fused-ring (bicyclic) bond motifs is 2. The zero-order valence-electron chi connectivity index (χ0n) is 19.5. The lowest BCUT2D eigenvalue weighted by Crippen LogP contribution is -2.35. The van der Waals surface area contributed by atoms with Crippen LogP contribution in [0.2, 0.25) is 0 Å². The van der Waals surface area contributed by atoms with Crippen LogP contribution in [0.5, 0.6) is 11.5 Å². The molecule has 9 nitrogen and oxygen atoms in total. The molecule has 1 aliphatic carbocycles. The molecular formula is C26H28N6O3. The van der Waals surface area contributed by atoms with E-state index in [0.29, 0.717) is 37.2 Å². The quantitative estimate of drug-likeness (QED) is 0.420. The van der Waals surface area contributed by atoms with Gasteiger partial charge in [0.25, 0.3) is 5.56 Å². The molecule has 0 spiro atoms. The molecule has 2 aliphatic rings. The zero-order chi connectivity index (χ0) is 23.6. The molecule has 4 aromatic rings. The number of H-pyrrole nitrogens is 1. The van der Waals surface area contributed by atoms with Crippen molar-refractivity contribution in [1.29, 1.82) is 0 Å². The predicted octanol–water partition coefficient (Wildman–Crippen LogP) is 3.43. The summed E-state index contributed by atoms with van der Waals surface area (Å²) >= 11 is 0. The molecule has 1 N–H and O–H groups in total. The lowest BCUT2D eigenvalue weighted by molar-refractivity contribution is 0.172. The average molecular weight is 473 g/mol. The lowest BCUT2D eigenvalue weighted by Gasteiger charge is -2.28. The van der Waals surface area contributed by atoms with Crippen molar-refractivity contribution in [2.24, 2.45) is 0 Å². The minimum absolute atomic E-state index is 0.0805. The van der Waals surface area contributed by atoms with E-state index in [1.54, 1.807) is 0 Å². The van der Waals surface area contributed by atoms with Gasteiger partial charge in [0.2, 0.25) is 6.79 Å². The highest BCUT2D eigenvalue weighted by molar-refractivity contribution is 5.83. The van der Waals surface area contributed by atoms with Gasteiger partial charge >= 0.3 is 0 Å². The Hall–Kier alpha value is -3.72. The number of benzene rings is 2. The van der Waals surface area contributed by atoms with Gasteiger partial charge in [0.15, 0.2) is 17.3 Å². The number of ether oxygens (including phenoxy) is 2. The topological polar surface area (TPSA) is 98.2 Å². The van der Waals surface area contributed by atoms with Gasteiger partial charge in [-0.1, -0.05) is 43.2 Å². The molecule has 6 rings (SSSR count). The third kappa shape index (κ3) is 4.64. The number of hydrogen-bond donors (Lipinski definition) is 1. The van der Waals surface area contributed by atoms with Crippen molar-refractivity contribution in [2.75, 3.05) is 6.79 Å². The largest absolute Gasteiger partial charge is 0.454 e. The standard InChI is InChI=1S/C26H28N6O3/c33-26-20(12-19-13-23-24(35-17-34-23)14-22(19)27-26)15-31(21-8-4-5-9-21)16-25-28-29-30-32(25)11-10-18-6-2-1-3-7-18/h1-3,6-7,12-14,21H,4-5,8-11,15-17H2,(H,27,33). The Bertz CT molecular complexity index is 1380. The molecule has 3 heterocycles. The van der Waals surface area contributed by atoms with Gasteiger partial charge in [-0.15, -0.1) is 5.10 Å². The summed E-state index contributed by atoms with van der Waals surface area (Å²) in [5.41, 5.74) is 2.65. The van der Waals surface area contributed by atoms with Crippen LogP contribution in [-0.4, -0.2) is 42.9 Å². The molecule has 1 fully saturated rings. The molecule has 0 atom stereocenters. The molecule has 1 aliphatic heterocycles. The molecule has 9 heteroatoms. The van der Waals surface area contributed by atoms with Crippen LogP contribution in [0.1, 0.15) is 42.6 Å². The minimum atomic E-state index is -0.0805. The normalized spacial score (nSPS) is 15.5. The van der Waals surface area contributed by atoms with Crippen molar-refractivity contribution in [2.45, 2.75) is 57.8 Å².